The number of fused-ring (bicyclic) bond motifs is 4. The highest BCUT2D eigenvalue weighted by Gasteiger charge is 2.43. The molecule has 1 saturated heterocycles. The van der Waals surface area contributed by atoms with E-state index >= 15 is 0 Å². The highest BCUT2D eigenvalue weighted by Crippen LogP contribution is 2.44. The summed E-state index contributed by atoms with van der Waals surface area (Å²) < 4.78 is 14.0. The second-order valence-electron chi connectivity index (χ2n) is 6.54. The maximum absolute atomic E-state index is 14.0. The first-order valence-corrected chi connectivity index (χ1v) is 8.89. The lowest BCUT2D eigenvalue weighted by Gasteiger charge is -2.36. The third-order valence-corrected chi connectivity index (χ3v) is 5.81. The zero-order chi connectivity index (χ0) is 17.7. The van der Waals surface area contributed by atoms with Crippen molar-refractivity contribution in [2.24, 2.45) is 0 Å². The molecule has 3 heterocycles. The Bertz CT molecular complexity index is 874. The molecule has 2 bridgehead atoms. The average molecular weight is 380 g/mol. The molecule has 2 aliphatic rings. The molecule has 4 nitrogen and oxygen atoms in total. The van der Waals surface area contributed by atoms with Crippen LogP contribution in [0.25, 0.3) is 0 Å². The van der Waals surface area contributed by atoms with Gasteiger partial charge in [-0.15, -0.1) is 0 Å². The third-order valence-electron chi connectivity index (χ3n) is 5.08. The molecule has 0 spiro atoms. The van der Waals surface area contributed by atoms with E-state index in [1.54, 1.807) is 12.1 Å². The standard InChI is InChI=1S/C18H16Cl2FN3O/c1-9-6-13(19)14(20)8-15(9)23-18(25)24-10-2-3-16(24)11-4-5-22-17(21)12(11)7-10/h4-6,8,10,16H,2-3,7H2,1H3,(H,23,25). The second kappa shape index (κ2) is 6.15. The highest BCUT2D eigenvalue weighted by atomic mass is 35.5. The Morgan fingerprint density at radius 1 is 1.32 bits per heavy atom. The Balaban J connectivity index is 1.63. The molecule has 1 aromatic heterocycles. The summed E-state index contributed by atoms with van der Waals surface area (Å²) in [7, 11) is 0. The third kappa shape index (κ3) is 2.75. The number of nitrogens with one attached hydrogen (secondary N) is 1. The van der Waals surface area contributed by atoms with Crippen LogP contribution in [0.2, 0.25) is 10.0 Å². The molecule has 2 atom stereocenters. The highest BCUT2D eigenvalue weighted by molar-refractivity contribution is 6.42. The van der Waals surface area contributed by atoms with Crippen LogP contribution in [0.5, 0.6) is 0 Å². The Kier molecular flexibility index (Phi) is 4.08. The number of amides is 2. The van der Waals surface area contributed by atoms with Crippen LogP contribution in [0.3, 0.4) is 0 Å². The summed E-state index contributed by atoms with van der Waals surface area (Å²) >= 11 is 12.1. The summed E-state index contributed by atoms with van der Waals surface area (Å²) in [4.78, 5) is 18.5. The number of hydrogen-bond donors (Lipinski definition) is 1. The van der Waals surface area contributed by atoms with Crippen molar-refractivity contribution in [3.8, 4) is 0 Å². The van der Waals surface area contributed by atoms with Gasteiger partial charge in [0.1, 0.15) is 0 Å². The molecule has 7 heteroatoms. The van der Waals surface area contributed by atoms with Crippen molar-refractivity contribution in [3.05, 3.63) is 57.1 Å². The molecule has 2 aromatic rings. The van der Waals surface area contributed by atoms with Crippen LogP contribution in [0.1, 0.15) is 35.6 Å². The monoisotopic (exact) mass is 379 g/mol. The molecule has 1 aromatic carbocycles. The molecule has 0 radical (unpaired) electrons. The Hall–Kier alpha value is -1.85. The molecule has 2 unspecified atom stereocenters. The molecule has 4 rings (SSSR count). The van der Waals surface area contributed by atoms with Gasteiger partial charge in [0.15, 0.2) is 0 Å². The van der Waals surface area contributed by atoms with Crippen molar-refractivity contribution in [2.45, 2.75) is 38.3 Å². The minimum absolute atomic E-state index is 0.0146. The fraction of sp³-hybridized carbons (Fsp3) is 0.333. The number of halogens is 3. The molecule has 2 aliphatic heterocycles. The number of urea groups is 1. The van der Waals surface area contributed by atoms with Crippen LogP contribution in [-0.4, -0.2) is 22.0 Å². The summed E-state index contributed by atoms with van der Waals surface area (Å²) in [6.07, 6.45) is 3.65. The summed E-state index contributed by atoms with van der Waals surface area (Å²) in [5, 5.41) is 3.77. The first-order valence-electron chi connectivity index (χ1n) is 8.14. The number of anilines is 1. The number of rotatable bonds is 1. The van der Waals surface area contributed by atoms with Gasteiger partial charge < -0.3 is 10.2 Å². The van der Waals surface area contributed by atoms with E-state index in [4.69, 9.17) is 23.2 Å². The molecular weight excluding hydrogens is 364 g/mol. The molecule has 25 heavy (non-hydrogen) atoms. The van der Waals surface area contributed by atoms with Crippen molar-refractivity contribution < 1.29 is 9.18 Å². The second-order valence-corrected chi connectivity index (χ2v) is 7.35. The van der Waals surface area contributed by atoms with Crippen LogP contribution in [0.15, 0.2) is 24.4 Å². The number of hydrogen-bond acceptors (Lipinski definition) is 2. The van der Waals surface area contributed by atoms with Crippen molar-refractivity contribution >= 4 is 34.9 Å². The maximum Gasteiger partial charge on any atom is 0.322 e. The first-order chi connectivity index (χ1) is 12.0. The van der Waals surface area contributed by atoms with Gasteiger partial charge in [-0.05, 0) is 55.5 Å². The van der Waals surface area contributed by atoms with Crippen molar-refractivity contribution in [3.63, 3.8) is 0 Å². The van der Waals surface area contributed by atoms with E-state index in [0.717, 1.165) is 24.0 Å². The SMILES string of the molecule is Cc1cc(Cl)c(Cl)cc1NC(=O)N1C2CCC1c1ccnc(F)c1C2. The Morgan fingerprint density at radius 2 is 2.08 bits per heavy atom. The molecule has 1 N–H and O–H groups in total. The van der Waals surface area contributed by atoms with Crippen molar-refractivity contribution in [2.75, 3.05) is 5.32 Å². The number of benzene rings is 1. The number of carbonyl (C=O) groups is 1. The topological polar surface area (TPSA) is 45.2 Å². The maximum atomic E-state index is 14.0. The zero-order valence-corrected chi connectivity index (χ0v) is 15.0. The molecule has 2 amide bonds. The summed E-state index contributed by atoms with van der Waals surface area (Å²) in [5.41, 5.74) is 2.97. The van der Waals surface area contributed by atoms with Gasteiger partial charge in [0, 0.05) is 23.5 Å². The van der Waals surface area contributed by atoms with Gasteiger partial charge in [-0.1, -0.05) is 23.2 Å². The predicted molar refractivity (Wildman–Crippen MR) is 95.7 cm³/mol. The van der Waals surface area contributed by atoms with Crippen LogP contribution in [0.4, 0.5) is 14.9 Å². The largest absolute Gasteiger partial charge is 0.322 e. The average Bonchev–Trinajstić information content (AvgIpc) is 2.89. The quantitative estimate of drug-likeness (QED) is 0.698. The smallest absolute Gasteiger partial charge is 0.314 e. The number of pyridine rings is 1. The van der Waals surface area contributed by atoms with E-state index in [9.17, 15) is 9.18 Å². The Labute approximate surface area is 154 Å². The van der Waals surface area contributed by atoms with Gasteiger partial charge in [0.25, 0.3) is 0 Å². The van der Waals surface area contributed by atoms with E-state index in [-0.39, 0.29) is 18.1 Å². The molecule has 0 aliphatic carbocycles. The minimum Gasteiger partial charge on any atom is -0.314 e. The fourth-order valence-electron chi connectivity index (χ4n) is 3.89. The van der Waals surface area contributed by atoms with E-state index in [2.05, 4.69) is 10.3 Å². The zero-order valence-electron chi connectivity index (χ0n) is 13.5. The lowest BCUT2D eigenvalue weighted by atomic mass is 9.95. The van der Waals surface area contributed by atoms with Gasteiger partial charge in [-0.3, -0.25) is 0 Å². The number of carbonyl (C=O) groups excluding carboxylic acids is 1. The van der Waals surface area contributed by atoms with Crippen LogP contribution >= 0.6 is 23.2 Å². The number of aromatic nitrogens is 1. The van der Waals surface area contributed by atoms with Gasteiger partial charge in [0.05, 0.1) is 16.1 Å². The summed E-state index contributed by atoms with van der Waals surface area (Å²) in [6, 6.07) is 4.86. The van der Waals surface area contributed by atoms with E-state index in [1.165, 1.54) is 6.20 Å². The van der Waals surface area contributed by atoms with Crippen LogP contribution in [0, 0.1) is 12.9 Å². The van der Waals surface area contributed by atoms with Gasteiger partial charge >= 0.3 is 6.03 Å². The minimum atomic E-state index is -0.421. The fourth-order valence-corrected chi connectivity index (χ4v) is 4.27. The summed E-state index contributed by atoms with van der Waals surface area (Å²) in [5.74, 6) is -0.421. The van der Waals surface area contributed by atoms with E-state index in [1.807, 2.05) is 17.9 Å². The summed E-state index contributed by atoms with van der Waals surface area (Å²) in [6.45, 7) is 1.86. The lowest BCUT2D eigenvalue weighted by molar-refractivity contribution is 0.178. The number of nitrogens with zero attached hydrogens (tertiary/aromatic N) is 2. The molecule has 1 fully saturated rings. The Morgan fingerprint density at radius 3 is 2.88 bits per heavy atom. The van der Waals surface area contributed by atoms with Crippen LogP contribution < -0.4 is 5.32 Å². The van der Waals surface area contributed by atoms with E-state index < -0.39 is 5.95 Å². The van der Waals surface area contributed by atoms with E-state index in [0.29, 0.717) is 27.7 Å². The number of aryl methyl sites for hydroxylation is 1. The first kappa shape index (κ1) is 16.6. The van der Waals surface area contributed by atoms with Crippen molar-refractivity contribution in [1.82, 2.24) is 9.88 Å². The lowest BCUT2D eigenvalue weighted by Crippen LogP contribution is -2.44. The van der Waals surface area contributed by atoms with Crippen molar-refractivity contribution in [1.29, 1.82) is 0 Å². The normalized spacial score (nSPS) is 21.2. The molecular formula is C18H16Cl2FN3O. The molecule has 0 saturated carbocycles. The van der Waals surface area contributed by atoms with Gasteiger partial charge in [0.2, 0.25) is 5.95 Å². The predicted octanol–water partition coefficient (Wildman–Crippen LogP) is 5.13. The van der Waals surface area contributed by atoms with Crippen LogP contribution in [-0.2, 0) is 6.42 Å². The molecule has 130 valence electrons. The van der Waals surface area contributed by atoms with Gasteiger partial charge in [-0.2, -0.15) is 4.39 Å². The van der Waals surface area contributed by atoms with Gasteiger partial charge in [-0.25, -0.2) is 9.78 Å².